The lowest BCUT2D eigenvalue weighted by Gasteiger charge is -2.29. The Hall–Kier alpha value is -1.01. The van der Waals surface area contributed by atoms with Gasteiger partial charge in [-0.1, -0.05) is 0 Å². The van der Waals surface area contributed by atoms with Crippen molar-refractivity contribution in [2.45, 2.75) is 30.6 Å². The molecule has 0 aromatic carbocycles. The Morgan fingerprint density at radius 1 is 1.42 bits per heavy atom. The first-order valence-corrected chi connectivity index (χ1v) is 8.39. The van der Waals surface area contributed by atoms with Crippen LogP contribution in [0, 0.1) is 0 Å². The molecule has 4 nitrogen and oxygen atoms in total. The number of thiophene rings is 1. The van der Waals surface area contributed by atoms with Crippen LogP contribution in [0.15, 0.2) is 11.4 Å². The molecule has 102 valence electrons. The molecule has 19 heavy (non-hydrogen) atoms. The molecular formula is C13H16N2O2S2. The highest BCUT2D eigenvalue weighted by atomic mass is 32.2. The molecule has 0 saturated carbocycles. The second kappa shape index (κ2) is 5.17. The monoisotopic (exact) mass is 296 g/mol. The molecule has 1 fully saturated rings. The minimum Gasteiger partial charge on any atom is -0.368 e. The molecular weight excluding hydrogens is 280 g/mol. The van der Waals surface area contributed by atoms with Crippen molar-refractivity contribution in [2.75, 3.05) is 12.3 Å². The largest absolute Gasteiger partial charge is 0.368 e. The van der Waals surface area contributed by atoms with Gasteiger partial charge in [-0.25, -0.2) is 0 Å². The Balaban J connectivity index is 1.84. The normalized spacial score (nSPS) is 26.2. The Kier molecular flexibility index (Phi) is 3.54. The van der Waals surface area contributed by atoms with Gasteiger partial charge in [-0.2, -0.15) is 0 Å². The van der Waals surface area contributed by atoms with E-state index in [9.17, 15) is 9.59 Å². The maximum absolute atomic E-state index is 12.7. The maximum Gasteiger partial charge on any atom is 0.240 e. The minimum absolute atomic E-state index is 0.0608. The number of likely N-dealkylation sites (tertiary alicyclic amines) is 1. The summed E-state index contributed by atoms with van der Waals surface area (Å²) in [5, 5.41) is 1.90. The van der Waals surface area contributed by atoms with Crippen molar-refractivity contribution in [2.24, 2.45) is 5.73 Å². The van der Waals surface area contributed by atoms with Crippen molar-refractivity contribution < 1.29 is 9.59 Å². The van der Waals surface area contributed by atoms with Crippen LogP contribution in [0.5, 0.6) is 0 Å². The van der Waals surface area contributed by atoms with E-state index in [0.29, 0.717) is 13.0 Å². The number of carbonyl (C=O) groups is 2. The molecule has 0 spiro atoms. The number of hydrogen-bond donors (Lipinski definition) is 1. The molecule has 6 heteroatoms. The average Bonchev–Trinajstić information content (AvgIpc) is 3.05. The highest BCUT2D eigenvalue weighted by Gasteiger charge is 2.38. The quantitative estimate of drug-likeness (QED) is 0.900. The van der Waals surface area contributed by atoms with Crippen molar-refractivity contribution >= 4 is 34.9 Å². The van der Waals surface area contributed by atoms with E-state index in [0.717, 1.165) is 24.2 Å². The lowest BCUT2D eigenvalue weighted by Crippen LogP contribution is -2.45. The van der Waals surface area contributed by atoms with E-state index in [2.05, 4.69) is 0 Å². The van der Waals surface area contributed by atoms with Crippen LogP contribution in [0.2, 0.25) is 0 Å². The van der Waals surface area contributed by atoms with Gasteiger partial charge in [0.2, 0.25) is 11.8 Å². The number of nitrogens with two attached hydrogens (primary N) is 1. The highest BCUT2D eigenvalue weighted by Crippen LogP contribution is 2.41. The molecule has 1 aromatic heterocycles. The number of rotatable bonds is 2. The molecule has 2 N–H and O–H groups in total. The third kappa shape index (κ3) is 2.27. The first-order valence-electron chi connectivity index (χ1n) is 6.46. The summed E-state index contributed by atoms with van der Waals surface area (Å²) < 4.78 is 0. The van der Waals surface area contributed by atoms with Crippen LogP contribution >= 0.6 is 23.1 Å². The maximum atomic E-state index is 12.7. The Bertz CT molecular complexity index is 514. The smallest absolute Gasteiger partial charge is 0.240 e. The zero-order chi connectivity index (χ0) is 13.4. The zero-order valence-electron chi connectivity index (χ0n) is 10.5. The van der Waals surface area contributed by atoms with Gasteiger partial charge in [-0.3, -0.25) is 9.59 Å². The van der Waals surface area contributed by atoms with E-state index in [4.69, 9.17) is 5.73 Å². The first-order chi connectivity index (χ1) is 9.18. The molecule has 2 amide bonds. The fraction of sp³-hybridized carbons (Fsp3) is 0.538. The van der Waals surface area contributed by atoms with Crippen molar-refractivity contribution in [3.05, 3.63) is 21.9 Å². The van der Waals surface area contributed by atoms with E-state index in [1.165, 1.54) is 4.88 Å². The van der Waals surface area contributed by atoms with Crippen LogP contribution in [0.4, 0.5) is 0 Å². The van der Waals surface area contributed by atoms with Gasteiger partial charge in [0.1, 0.15) is 11.3 Å². The summed E-state index contributed by atoms with van der Waals surface area (Å²) in [6, 6.07) is 1.64. The van der Waals surface area contributed by atoms with E-state index in [-0.39, 0.29) is 17.1 Å². The predicted molar refractivity (Wildman–Crippen MR) is 77.2 cm³/mol. The number of hydrogen-bond acceptors (Lipinski definition) is 4. The van der Waals surface area contributed by atoms with Crippen LogP contribution in [-0.2, 0) is 16.0 Å². The fourth-order valence-electron chi connectivity index (χ4n) is 2.83. The van der Waals surface area contributed by atoms with Gasteiger partial charge in [0.25, 0.3) is 0 Å². The number of carbonyl (C=O) groups excluding carboxylic acids is 2. The van der Waals surface area contributed by atoms with E-state index < -0.39 is 6.04 Å². The third-order valence-corrected chi connectivity index (χ3v) is 5.99. The fourth-order valence-corrected chi connectivity index (χ4v) is 5.19. The second-order valence-corrected chi connectivity index (χ2v) is 7.11. The molecule has 0 bridgehead atoms. The molecule has 3 heterocycles. The Labute approximate surface area is 120 Å². The summed E-state index contributed by atoms with van der Waals surface area (Å²) in [4.78, 5) is 27.1. The molecule has 1 saturated heterocycles. The SMILES string of the molecule is NC(=O)[C@@H]1CCCN1C(=O)[C@H]1SCCc2sccc21. The van der Waals surface area contributed by atoms with Gasteiger partial charge in [0, 0.05) is 11.4 Å². The first kappa shape index (κ1) is 13.0. The number of fused-ring (bicyclic) bond motifs is 1. The number of amides is 2. The van der Waals surface area contributed by atoms with Crippen molar-refractivity contribution in [1.29, 1.82) is 0 Å². The molecule has 2 atom stereocenters. The summed E-state index contributed by atoms with van der Waals surface area (Å²) in [6.07, 6.45) is 2.61. The Morgan fingerprint density at radius 2 is 2.26 bits per heavy atom. The summed E-state index contributed by atoms with van der Waals surface area (Å²) in [7, 11) is 0. The summed E-state index contributed by atoms with van der Waals surface area (Å²) in [5.74, 6) is 0.654. The molecule has 3 rings (SSSR count). The minimum atomic E-state index is -0.405. The van der Waals surface area contributed by atoms with E-state index in [1.54, 1.807) is 28.0 Å². The zero-order valence-corrected chi connectivity index (χ0v) is 12.1. The lowest BCUT2D eigenvalue weighted by molar-refractivity contribution is -0.136. The number of primary amides is 1. The van der Waals surface area contributed by atoms with Crippen molar-refractivity contribution in [3.8, 4) is 0 Å². The van der Waals surface area contributed by atoms with Gasteiger partial charge >= 0.3 is 0 Å². The predicted octanol–water partition coefficient (Wildman–Crippen LogP) is 1.55. The van der Waals surface area contributed by atoms with Gasteiger partial charge in [-0.05, 0) is 42.0 Å². The Morgan fingerprint density at radius 3 is 3.05 bits per heavy atom. The summed E-state index contributed by atoms with van der Waals surface area (Å²) in [5.41, 5.74) is 6.53. The molecule has 2 aliphatic heterocycles. The van der Waals surface area contributed by atoms with Crippen LogP contribution in [0.1, 0.15) is 28.5 Å². The van der Waals surface area contributed by atoms with Gasteiger partial charge < -0.3 is 10.6 Å². The van der Waals surface area contributed by atoms with Gasteiger partial charge in [-0.15, -0.1) is 23.1 Å². The van der Waals surface area contributed by atoms with Crippen molar-refractivity contribution in [1.82, 2.24) is 4.90 Å². The molecule has 0 radical (unpaired) electrons. The molecule has 2 aliphatic rings. The molecule has 0 unspecified atom stereocenters. The van der Waals surface area contributed by atoms with Gasteiger partial charge in [0.15, 0.2) is 0 Å². The third-order valence-electron chi connectivity index (χ3n) is 3.76. The topological polar surface area (TPSA) is 63.4 Å². The van der Waals surface area contributed by atoms with Crippen LogP contribution in [0.25, 0.3) is 0 Å². The van der Waals surface area contributed by atoms with Crippen LogP contribution in [-0.4, -0.2) is 35.1 Å². The lowest BCUT2D eigenvalue weighted by atomic mass is 10.1. The standard InChI is InChI=1S/C13H16N2O2S2/c14-12(16)9-2-1-5-15(9)13(17)11-8-3-6-18-10(8)4-7-19-11/h3,6,9,11H,1-2,4-5,7H2,(H2,14,16)/t9-,11-/m0/s1. The summed E-state index contributed by atoms with van der Waals surface area (Å²) in [6.45, 7) is 0.656. The van der Waals surface area contributed by atoms with Crippen molar-refractivity contribution in [3.63, 3.8) is 0 Å². The van der Waals surface area contributed by atoms with Gasteiger partial charge in [0.05, 0.1) is 0 Å². The second-order valence-electron chi connectivity index (χ2n) is 4.89. The number of nitrogens with zero attached hydrogens (tertiary/aromatic N) is 1. The van der Waals surface area contributed by atoms with Crippen LogP contribution in [0.3, 0.4) is 0 Å². The molecule has 1 aromatic rings. The van der Waals surface area contributed by atoms with Crippen LogP contribution < -0.4 is 5.73 Å². The van der Waals surface area contributed by atoms with E-state index in [1.807, 2.05) is 11.4 Å². The summed E-state index contributed by atoms with van der Waals surface area (Å²) >= 11 is 3.40. The van der Waals surface area contributed by atoms with E-state index >= 15 is 0 Å². The average molecular weight is 296 g/mol. The molecule has 0 aliphatic carbocycles. The number of aryl methyl sites for hydroxylation is 1. The highest BCUT2D eigenvalue weighted by molar-refractivity contribution is 8.00. The number of thioether (sulfide) groups is 1.